The van der Waals surface area contributed by atoms with Crippen LogP contribution in [0.2, 0.25) is 0 Å². The van der Waals surface area contributed by atoms with Crippen molar-refractivity contribution in [3.8, 4) is 0 Å². The van der Waals surface area contributed by atoms with Gasteiger partial charge in [0, 0.05) is 0 Å². The molecule has 0 aromatic carbocycles. The van der Waals surface area contributed by atoms with Crippen LogP contribution in [0.1, 0.15) is 130 Å². The monoisotopic (exact) mass is 511 g/mol. The fraction of sp³-hybridized carbons (Fsp3) is 0.963. The summed E-state index contributed by atoms with van der Waals surface area (Å²) in [7, 11) is -1.46. The van der Waals surface area contributed by atoms with Crippen molar-refractivity contribution in [1.29, 1.82) is 0 Å². The number of halogens is 4. The molecule has 0 aliphatic carbocycles. The lowest BCUT2D eigenvalue weighted by atomic mass is 10.1. The summed E-state index contributed by atoms with van der Waals surface area (Å²) in [5.41, 5.74) is 0. The van der Waals surface area contributed by atoms with Crippen molar-refractivity contribution < 1.29 is 21.8 Å². The second kappa shape index (κ2) is 24.7. The van der Waals surface area contributed by atoms with E-state index in [0.29, 0.717) is 0 Å². The molecule has 3 nitrogen and oxygen atoms in total. The molecular weight excluding hydrogens is 453 g/mol. The van der Waals surface area contributed by atoms with E-state index in [0.717, 1.165) is 0 Å². The lowest BCUT2D eigenvalue weighted by Crippen LogP contribution is -2.50. The first-order valence-electron chi connectivity index (χ1n) is 14.5. The maximum absolute atomic E-state index is 9.75. The Morgan fingerprint density at radius 2 is 0.714 bits per heavy atom. The lowest BCUT2D eigenvalue weighted by molar-refractivity contribution is -0.476. The molecule has 0 aromatic rings. The number of hydrogen-bond acceptors (Lipinski definition) is 0. The zero-order valence-electron chi connectivity index (χ0n) is 24.1. The molecular formula is C27H58BF4N3. The Balaban J connectivity index is 0. The first-order chi connectivity index (χ1) is 16.6. The second-order valence-electron chi connectivity index (χ2n) is 9.91. The van der Waals surface area contributed by atoms with Crippen LogP contribution in [0.5, 0.6) is 0 Å². The smallest absolute Gasteiger partial charge is 0.418 e. The summed E-state index contributed by atoms with van der Waals surface area (Å²) in [4.78, 5) is 5.48. The predicted octanol–water partition coefficient (Wildman–Crippen LogP) is 8.84. The highest BCUT2D eigenvalue weighted by Crippen LogP contribution is 2.12. The summed E-state index contributed by atoms with van der Waals surface area (Å²) >= 11 is 0. The van der Waals surface area contributed by atoms with Crippen LogP contribution in [0.25, 0.3) is 0 Å². The summed E-state index contributed by atoms with van der Waals surface area (Å²) in [5.74, 6) is 1.50. The predicted molar refractivity (Wildman–Crippen MR) is 147 cm³/mol. The van der Waals surface area contributed by atoms with Crippen molar-refractivity contribution in [1.82, 2.24) is 9.80 Å². The minimum Gasteiger partial charge on any atom is -0.418 e. The highest BCUT2D eigenvalue weighted by Gasteiger charge is 2.26. The number of unbranched alkanes of at least 4 members (excludes halogenated alkanes) is 12. The van der Waals surface area contributed by atoms with E-state index < -0.39 is 7.25 Å². The van der Waals surface area contributed by atoms with Crippen LogP contribution < -0.4 is 0 Å². The Bertz CT molecular complexity index is 424. The topological polar surface area (TPSA) is 9.49 Å². The van der Waals surface area contributed by atoms with Crippen molar-refractivity contribution in [2.24, 2.45) is 0 Å². The molecule has 0 heterocycles. The van der Waals surface area contributed by atoms with Crippen molar-refractivity contribution in [2.45, 2.75) is 130 Å². The van der Waals surface area contributed by atoms with Crippen molar-refractivity contribution in [3.63, 3.8) is 0 Å². The third-order valence-corrected chi connectivity index (χ3v) is 6.09. The molecule has 0 spiro atoms. The van der Waals surface area contributed by atoms with Crippen molar-refractivity contribution in [2.75, 3.05) is 40.3 Å². The molecule has 8 heteroatoms. The molecule has 0 N–H and O–H groups in total. The molecule has 0 radical (unpaired) electrons. The van der Waals surface area contributed by atoms with Gasteiger partial charge in [-0.25, -0.2) is 0 Å². The molecule has 0 aliphatic heterocycles. The van der Waals surface area contributed by atoms with E-state index in [4.69, 9.17) is 0 Å². The van der Waals surface area contributed by atoms with Gasteiger partial charge in [0.1, 0.15) is 0 Å². The van der Waals surface area contributed by atoms with Gasteiger partial charge in [0.15, 0.2) is 0 Å². The Morgan fingerprint density at radius 3 is 0.886 bits per heavy atom. The molecule has 0 atom stereocenters. The maximum Gasteiger partial charge on any atom is 0.673 e. The summed E-state index contributed by atoms with van der Waals surface area (Å²) in [5, 5.41) is 0. The maximum atomic E-state index is 9.75. The van der Waals surface area contributed by atoms with E-state index in [1.165, 1.54) is 135 Å². The Hall–Kier alpha value is -0.945. The van der Waals surface area contributed by atoms with Crippen molar-refractivity contribution in [3.05, 3.63) is 0 Å². The quantitative estimate of drug-likeness (QED) is 0.0403. The highest BCUT2D eigenvalue weighted by atomic mass is 19.5. The molecule has 0 aliphatic rings. The number of rotatable bonds is 20. The zero-order valence-corrected chi connectivity index (χ0v) is 24.1. The summed E-state index contributed by atoms with van der Waals surface area (Å²) < 4.78 is 41.4. The van der Waals surface area contributed by atoms with Gasteiger partial charge in [0.2, 0.25) is 0 Å². The van der Waals surface area contributed by atoms with Gasteiger partial charge in [-0.1, -0.05) is 105 Å². The van der Waals surface area contributed by atoms with Gasteiger partial charge < -0.3 is 17.3 Å². The number of nitrogens with zero attached hydrogens (tertiary/aromatic N) is 3. The minimum absolute atomic E-state index is 1.22. The van der Waals surface area contributed by atoms with Gasteiger partial charge in [0.25, 0.3) is 0 Å². The normalized spacial score (nSPS) is 11.1. The standard InChI is InChI=1S/C27H58N3.BF4/c1-7-11-15-19-23-29(24-20-16-12-8-2)27(28(5)6)30(25-21-17-13-9-3)26-22-18-14-10-4;2-1(3,4)5/h7-26H2,1-6H3;/q+1;-1. The molecule has 0 saturated heterocycles. The van der Waals surface area contributed by atoms with Gasteiger partial charge in [-0.3, -0.25) is 14.4 Å². The molecule has 0 unspecified atom stereocenters. The van der Waals surface area contributed by atoms with E-state index in [9.17, 15) is 17.3 Å². The average molecular weight is 512 g/mol. The Morgan fingerprint density at radius 1 is 0.486 bits per heavy atom. The lowest BCUT2D eigenvalue weighted by Gasteiger charge is -2.30. The van der Waals surface area contributed by atoms with E-state index in [1.54, 1.807) is 0 Å². The summed E-state index contributed by atoms with van der Waals surface area (Å²) in [6.45, 7) is 14.1. The minimum atomic E-state index is -6.00. The number of hydrogen-bond donors (Lipinski definition) is 0. The molecule has 0 bridgehead atoms. The number of guanidine groups is 1. The summed E-state index contributed by atoms with van der Waals surface area (Å²) in [6.07, 6.45) is 21.6. The molecule has 0 aromatic heterocycles. The average Bonchev–Trinajstić information content (AvgIpc) is 2.77. The van der Waals surface area contributed by atoms with Crippen LogP contribution in [-0.2, 0) is 0 Å². The molecule has 0 amide bonds. The van der Waals surface area contributed by atoms with E-state index in [2.05, 4.69) is 56.2 Å². The summed E-state index contributed by atoms with van der Waals surface area (Å²) in [6, 6.07) is 0. The fourth-order valence-electron chi connectivity index (χ4n) is 4.31. The first kappa shape index (κ1) is 36.2. The molecule has 0 rings (SSSR count). The van der Waals surface area contributed by atoms with Gasteiger partial charge in [0.05, 0.1) is 40.3 Å². The van der Waals surface area contributed by atoms with Crippen LogP contribution >= 0.6 is 0 Å². The largest absolute Gasteiger partial charge is 0.673 e. The van der Waals surface area contributed by atoms with Gasteiger partial charge in [-0.15, -0.1) is 0 Å². The Labute approximate surface area is 215 Å². The Kier molecular flexibility index (Phi) is 25.6. The molecule has 0 fully saturated rings. The second-order valence-corrected chi connectivity index (χ2v) is 9.91. The van der Waals surface area contributed by atoms with E-state index in [-0.39, 0.29) is 0 Å². The van der Waals surface area contributed by atoms with Crippen LogP contribution in [0, 0.1) is 0 Å². The van der Waals surface area contributed by atoms with Gasteiger partial charge in [-0.2, -0.15) is 0 Å². The van der Waals surface area contributed by atoms with Crippen LogP contribution in [0.15, 0.2) is 0 Å². The molecule has 0 saturated carbocycles. The van der Waals surface area contributed by atoms with Crippen molar-refractivity contribution >= 4 is 13.2 Å². The fourth-order valence-corrected chi connectivity index (χ4v) is 4.31. The van der Waals surface area contributed by atoms with Gasteiger partial charge >= 0.3 is 13.2 Å². The third kappa shape index (κ3) is 25.9. The molecule has 35 heavy (non-hydrogen) atoms. The SMILES string of the molecule is CCCCCCN(CCCCCC)C(N(CCCCCC)CCCCCC)=[N+](C)C.F[B-](F)(F)F. The van der Waals surface area contributed by atoms with Gasteiger partial charge in [-0.05, 0) is 25.7 Å². The van der Waals surface area contributed by atoms with E-state index in [1.807, 2.05) is 0 Å². The molecule has 212 valence electrons. The van der Waals surface area contributed by atoms with Crippen LogP contribution in [0.4, 0.5) is 17.3 Å². The third-order valence-electron chi connectivity index (χ3n) is 6.09. The zero-order chi connectivity index (χ0) is 27.0. The highest BCUT2D eigenvalue weighted by molar-refractivity contribution is 6.50. The van der Waals surface area contributed by atoms with E-state index >= 15 is 0 Å². The van der Waals surface area contributed by atoms with Crippen LogP contribution in [0.3, 0.4) is 0 Å². The van der Waals surface area contributed by atoms with Crippen LogP contribution in [-0.4, -0.2) is 67.9 Å². The first-order valence-corrected chi connectivity index (χ1v) is 14.5.